The Bertz CT molecular complexity index is 656. The Morgan fingerprint density at radius 1 is 1.41 bits per heavy atom. The molecular formula is C13H15N3O. The highest BCUT2D eigenvalue weighted by Gasteiger charge is 2.11. The van der Waals surface area contributed by atoms with Crippen molar-refractivity contribution in [1.29, 1.82) is 5.26 Å². The van der Waals surface area contributed by atoms with Gasteiger partial charge in [-0.05, 0) is 24.1 Å². The summed E-state index contributed by atoms with van der Waals surface area (Å²) in [7, 11) is 1.85. The second kappa shape index (κ2) is 4.10. The number of aromatic nitrogens is 2. The number of benzene rings is 1. The summed E-state index contributed by atoms with van der Waals surface area (Å²) in [5, 5.41) is 9.54. The van der Waals surface area contributed by atoms with Gasteiger partial charge in [0.2, 0.25) is 0 Å². The zero-order valence-corrected chi connectivity index (χ0v) is 10.3. The van der Waals surface area contributed by atoms with Crippen molar-refractivity contribution in [3.05, 3.63) is 34.1 Å². The molecular weight excluding hydrogens is 214 g/mol. The van der Waals surface area contributed by atoms with Crippen LogP contribution in [-0.2, 0) is 13.6 Å². The number of aryl methyl sites for hydroxylation is 1. The van der Waals surface area contributed by atoms with E-state index in [1.807, 2.05) is 11.7 Å². The van der Waals surface area contributed by atoms with Crippen LogP contribution in [-0.4, -0.2) is 9.36 Å². The minimum absolute atomic E-state index is 0.0145. The van der Waals surface area contributed by atoms with Gasteiger partial charge in [-0.25, -0.2) is 4.68 Å². The Kier molecular flexibility index (Phi) is 2.76. The molecule has 2 aromatic rings. The molecule has 0 aliphatic carbocycles. The third kappa shape index (κ3) is 1.84. The second-order valence-corrected chi connectivity index (χ2v) is 4.65. The van der Waals surface area contributed by atoms with Gasteiger partial charge in [0.05, 0.1) is 22.5 Å². The molecule has 0 radical (unpaired) electrons. The lowest BCUT2D eigenvalue weighted by molar-refractivity contribution is 0.424. The lowest BCUT2D eigenvalue weighted by atomic mass is 10.2. The number of nitrogens with zero attached hydrogens (tertiary/aromatic N) is 3. The van der Waals surface area contributed by atoms with E-state index in [1.165, 1.54) is 0 Å². The summed E-state index contributed by atoms with van der Waals surface area (Å²) in [6.45, 7) is 4.83. The van der Waals surface area contributed by atoms with Crippen LogP contribution in [0.2, 0.25) is 0 Å². The second-order valence-electron chi connectivity index (χ2n) is 4.65. The molecule has 0 aliphatic rings. The first-order valence-electron chi connectivity index (χ1n) is 5.64. The van der Waals surface area contributed by atoms with Gasteiger partial charge in [-0.1, -0.05) is 13.8 Å². The summed E-state index contributed by atoms with van der Waals surface area (Å²) in [5.41, 5.74) is 1.41. The SMILES string of the molecule is CC(C)Cn1c(=O)c2ccc(C#N)cc2n1C. The van der Waals surface area contributed by atoms with Crippen molar-refractivity contribution in [3.8, 4) is 6.07 Å². The maximum Gasteiger partial charge on any atom is 0.274 e. The van der Waals surface area contributed by atoms with Gasteiger partial charge < -0.3 is 0 Å². The largest absolute Gasteiger partial charge is 0.285 e. The molecule has 0 saturated carbocycles. The highest BCUT2D eigenvalue weighted by atomic mass is 16.1. The molecule has 0 fully saturated rings. The highest BCUT2D eigenvalue weighted by molar-refractivity contribution is 5.80. The zero-order valence-electron chi connectivity index (χ0n) is 10.3. The average molecular weight is 229 g/mol. The first kappa shape index (κ1) is 11.5. The van der Waals surface area contributed by atoms with Gasteiger partial charge in [-0.2, -0.15) is 5.26 Å². The van der Waals surface area contributed by atoms with E-state index in [0.29, 0.717) is 23.4 Å². The monoisotopic (exact) mass is 229 g/mol. The molecule has 0 unspecified atom stereocenters. The van der Waals surface area contributed by atoms with E-state index in [9.17, 15) is 4.79 Å². The Hall–Kier alpha value is -2.02. The van der Waals surface area contributed by atoms with E-state index >= 15 is 0 Å². The van der Waals surface area contributed by atoms with Gasteiger partial charge in [0.15, 0.2) is 0 Å². The third-order valence-electron chi connectivity index (χ3n) is 2.84. The van der Waals surface area contributed by atoms with Gasteiger partial charge in [-0.3, -0.25) is 9.48 Å². The lowest BCUT2D eigenvalue weighted by Gasteiger charge is -2.09. The predicted octanol–water partition coefficient (Wildman–Crippen LogP) is 1.87. The summed E-state index contributed by atoms with van der Waals surface area (Å²) in [6.07, 6.45) is 0. The highest BCUT2D eigenvalue weighted by Crippen LogP contribution is 2.13. The molecule has 0 saturated heterocycles. The molecule has 4 heteroatoms. The number of rotatable bonds is 2. The normalized spacial score (nSPS) is 11.0. The molecule has 1 heterocycles. The van der Waals surface area contributed by atoms with E-state index in [0.717, 1.165) is 5.52 Å². The van der Waals surface area contributed by atoms with Gasteiger partial charge in [0.1, 0.15) is 0 Å². The first-order valence-corrected chi connectivity index (χ1v) is 5.64. The van der Waals surface area contributed by atoms with Crippen molar-refractivity contribution in [3.63, 3.8) is 0 Å². The molecule has 1 aromatic carbocycles. The Morgan fingerprint density at radius 2 is 2.12 bits per heavy atom. The van der Waals surface area contributed by atoms with Crippen molar-refractivity contribution >= 4 is 10.9 Å². The summed E-state index contributed by atoms with van der Waals surface area (Å²) in [6, 6.07) is 7.26. The van der Waals surface area contributed by atoms with Crippen LogP contribution in [0.5, 0.6) is 0 Å². The van der Waals surface area contributed by atoms with Crippen LogP contribution in [0.4, 0.5) is 0 Å². The lowest BCUT2D eigenvalue weighted by Crippen LogP contribution is -2.23. The first-order chi connectivity index (χ1) is 8.04. The number of hydrogen-bond donors (Lipinski definition) is 0. The third-order valence-corrected chi connectivity index (χ3v) is 2.84. The van der Waals surface area contributed by atoms with Crippen molar-refractivity contribution in [2.45, 2.75) is 20.4 Å². The van der Waals surface area contributed by atoms with Crippen molar-refractivity contribution in [1.82, 2.24) is 9.36 Å². The molecule has 0 aliphatic heterocycles. The topological polar surface area (TPSA) is 50.7 Å². The van der Waals surface area contributed by atoms with Crippen LogP contribution in [0.1, 0.15) is 19.4 Å². The van der Waals surface area contributed by atoms with Crippen LogP contribution < -0.4 is 5.56 Å². The number of fused-ring (bicyclic) bond motifs is 1. The average Bonchev–Trinajstić information content (AvgIpc) is 2.53. The number of nitriles is 1. The summed E-state index contributed by atoms with van der Waals surface area (Å²) in [4.78, 5) is 12.1. The Morgan fingerprint density at radius 3 is 2.71 bits per heavy atom. The molecule has 0 bridgehead atoms. The molecule has 0 spiro atoms. The van der Waals surface area contributed by atoms with Crippen molar-refractivity contribution < 1.29 is 0 Å². The van der Waals surface area contributed by atoms with Crippen LogP contribution in [0.15, 0.2) is 23.0 Å². The minimum atomic E-state index is 0.0145. The maximum absolute atomic E-state index is 12.1. The molecule has 0 amide bonds. The molecule has 1 aromatic heterocycles. The number of hydrogen-bond acceptors (Lipinski definition) is 2. The molecule has 17 heavy (non-hydrogen) atoms. The predicted molar refractivity (Wildman–Crippen MR) is 66.7 cm³/mol. The Balaban J connectivity index is 2.72. The van der Waals surface area contributed by atoms with Gasteiger partial charge in [0, 0.05) is 13.6 Å². The quantitative estimate of drug-likeness (QED) is 0.789. The smallest absolute Gasteiger partial charge is 0.274 e. The standard InChI is InChI=1S/C13H15N3O/c1-9(2)8-16-13(17)11-5-4-10(7-14)6-12(11)15(16)3/h4-6,9H,8H2,1-3H3. The van der Waals surface area contributed by atoms with Crippen LogP contribution in [0.25, 0.3) is 10.9 Å². The van der Waals surface area contributed by atoms with Gasteiger partial charge in [-0.15, -0.1) is 0 Å². The molecule has 4 nitrogen and oxygen atoms in total. The van der Waals surface area contributed by atoms with Crippen LogP contribution in [0, 0.1) is 17.2 Å². The summed E-state index contributed by atoms with van der Waals surface area (Å²) < 4.78 is 3.55. The Labute approximate surface area is 99.7 Å². The van der Waals surface area contributed by atoms with Crippen molar-refractivity contribution in [2.75, 3.05) is 0 Å². The molecule has 2 rings (SSSR count). The molecule has 88 valence electrons. The summed E-state index contributed by atoms with van der Waals surface area (Å²) in [5.74, 6) is 0.408. The van der Waals surface area contributed by atoms with Gasteiger partial charge >= 0.3 is 0 Å². The van der Waals surface area contributed by atoms with Crippen LogP contribution >= 0.6 is 0 Å². The summed E-state index contributed by atoms with van der Waals surface area (Å²) >= 11 is 0. The zero-order chi connectivity index (χ0) is 12.6. The fourth-order valence-electron chi connectivity index (χ4n) is 2.01. The van der Waals surface area contributed by atoms with E-state index in [2.05, 4.69) is 19.9 Å². The van der Waals surface area contributed by atoms with E-state index in [4.69, 9.17) is 5.26 Å². The van der Waals surface area contributed by atoms with E-state index in [-0.39, 0.29) is 5.56 Å². The van der Waals surface area contributed by atoms with Gasteiger partial charge in [0.25, 0.3) is 5.56 Å². The minimum Gasteiger partial charge on any atom is -0.285 e. The molecule has 0 atom stereocenters. The van der Waals surface area contributed by atoms with Crippen molar-refractivity contribution in [2.24, 2.45) is 13.0 Å². The van der Waals surface area contributed by atoms with Crippen LogP contribution in [0.3, 0.4) is 0 Å². The fourth-order valence-corrected chi connectivity index (χ4v) is 2.01. The maximum atomic E-state index is 12.1. The van der Waals surface area contributed by atoms with E-state index in [1.54, 1.807) is 22.9 Å². The fraction of sp³-hybridized carbons (Fsp3) is 0.385. The molecule has 0 N–H and O–H groups in total. The van der Waals surface area contributed by atoms with E-state index < -0.39 is 0 Å².